The van der Waals surface area contributed by atoms with Crippen LogP contribution in [0.5, 0.6) is 0 Å². The van der Waals surface area contributed by atoms with Crippen LogP contribution in [0.15, 0.2) is 30.3 Å². The van der Waals surface area contributed by atoms with Gasteiger partial charge in [0.2, 0.25) is 5.91 Å². The van der Waals surface area contributed by atoms with Crippen LogP contribution in [0.4, 0.5) is 0 Å². The van der Waals surface area contributed by atoms with Crippen molar-refractivity contribution >= 4 is 11.9 Å². The van der Waals surface area contributed by atoms with Crippen molar-refractivity contribution in [3.63, 3.8) is 0 Å². The van der Waals surface area contributed by atoms with E-state index in [4.69, 9.17) is 0 Å². The Kier molecular flexibility index (Phi) is 4.36. The predicted molar refractivity (Wildman–Crippen MR) is 82.0 cm³/mol. The van der Waals surface area contributed by atoms with Gasteiger partial charge in [0.05, 0.1) is 5.69 Å². The molecule has 1 aromatic carbocycles. The van der Waals surface area contributed by atoms with Crippen LogP contribution in [0.3, 0.4) is 0 Å². The minimum absolute atomic E-state index is 0.0302. The first kappa shape index (κ1) is 15.2. The summed E-state index contributed by atoms with van der Waals surface area (Å²) in [5.41, 5.74) is 1.31. The Bertz CT molecular complexity index is 705. The van der Waals surface area contributed by atoms with E-state index in [1.165, 1.54) is 4.68 Å². The number of likely N-dealkylation sites (tertiary alicyclic amines) is 1. The first-order valence-electron chi connectivity index (χ1n) is 7.62. The fourth-order valence-corrected chi connectivity index (χ4v) is 2.78. The van der Waals surface area contributed by atoms with Crippen molar-refractivity contribution < 1.29 is 14.7 Å². The molecule has 0 spiro atoms. The van der Waals surface area contributed by atoms with Gasteiger partial charge in [-0.3, -0.25) is 4.79 Å². The number of carbonyl (C=O) groups is 2. The Morgan fingerprint density at radius 1 is 1.13 bits per heavy atom. The SMILES string of the molecule is O=C(O)c1nnn(CC(=O)N2CCCC2)c1Cc1ccccc1. The van der Waals surface area contributed by atoms with Crippen LogP contribution in [0.25, 0.3) is 0 Å². The van der Waals surface area contributed by atoms with E-state index in [1.807, 2.05) is 30.3 Å². The molecule has 1 amide bonds. The highest BCUT2D eigenvalue weighted by Crippen LogP contribution is 2.14. The highest BCUT2D eigenvalue weighted by molar-refractivity contribution is 5.86. The van der Waals surface area contributed by atoms with Gasteiger partial charge in [-0.15, -0.1) is 5.10 Å². The lowest BCUT2D eigenvalue weighted by atomic mass is 10.1. The summed E-state index contributed by atoms with van der Waals surface area (Å²) in [4.78, 5) is 25.4. The Morgan fingerprint density at radius 3 is 2.48 bits per heavy atom. The number of nitrogens with zero attached hydrogens (tertiary/aromatic N) is 4. The molecule has 0 unspecified atom stereocenters. The molecule has 1 aromatic heterocycles. The van der Waals surface area contributed by atoms with E-state index in [0.717, 1.165) is 31.5 Å². The Balaban J connectivity index is 1.84. The van der Waals surface area contributed by atoms with Crippen molar-refractivity contribution in [1.82, 2.24) is 19.9 Å². The molecule has 1 aliphatic heterocycles. The van der Waals surface area contributed by atoms with Gasteiger partial charge in [0, 0.05) is 19.5 Å². The van der Waals surface area contributed by atoms with E-state index in [-0.39, 0.29) is 18.1 Å². The summed E-state index contributed by atoms with van der Waals surface area (Å²) in [6.07, 6.45) is 2.41. The fourth-order valence-electron chi connectivity index (χ4n) is 2.78. The van der Waals surface area contributed by atoms with Crippen LogP contribution >= 0.6 is 0 Å². The van der Waals surface area contributed by atoms with E-state index in [2.05, 4.69) is 10.3 Å². The van der Waals surface area contributed by atoms with Gasteiger partial charge in [0.25, 0.3) is 0 Å². The van der Waals surface area contributed by atoms with Gasteiger partial charge in [-0.1, -0.05) is 35.5 Å². The zero-order valence-corrected chi connectivity index (χ0v) is 12.7. The second-order valence-corrected chi connectivity index (χ2v) is 5.60. The largest absolute Gasteiger partial charge is 0.476 e. The molecule has 7 heteroatoms. The maximum Gasteiger partial charge on any atom is 0.358 e. The topological polar surface area (TPSA) is 88.3 Å². The van der Waals surface area contributed by atoms with Crippen LogP contribution in [-0.4, -0.2) is 50.0 Å². The number of aromatic nitrogens is 3. The maximum absolute atomic E-state index is 12.3. The van der Waals surface area contributed by atoms with Crippen molar-refractivity contribution in [3.05, 3.63) is 47.3 Å². The first-order chi connectivity index (χ1) is 11.1. The fraction of sp³-hybridized carbons (Fsp3) is 0.375. The average molecular weight is 314 g/mol. The van der Waals surface area contributed by atoms with Crippen molar-refractivity contribution in [1.29, 1.82) is 0 Å². The zero-order valence-electron chi connectivity index (χ0n) is 12.7. The summed E-state index contributed by atoms with van der Waals surface area (Å²) in [5.74, 6) is -1.17. The lowest BCUT2D eigenvalue weighted by Gasteiger charge is -2.15. The number of hydrogen-bond acceptors (Lipinski definition) is 4. The smallest absolute Gasteiger partial charge is 0.358 e. The summed E-state index contributed by atoms with van der Waals surface area (Å²) in [7, 11) is 0. The molecular formula is C16H18N4O3. The second kappa shape index (κ2) is 6.60. The normalized spacial score (nSPS) is 14.2. The molecule has 3 rings (SSSR count). The molecule has 1 saturated heterocycles. The van der Waals surface area contributed by atoms with E-state index >= 15 is 0 Å². The second-order valence-electron chi connectivity index (χ2n) is 5.60. The van der Waals surface area contributed by atoms with Gasteiger partial charge in [-0.05, 0) is 18.4 Å². The molecular weight excluding hydrogens is 296 g/mol. The molecule has 2 aromatic rings. The summed E-state index contributed by atoms with van der Waals surface area (Å²) in [6, 6.07) is 9.49. The van der Waals surface area contributed by atoms with Crippen LogP contribution < -0.4 is 0 Å². The van der Waals surface area contributed by atoms with Crippen LogP contribution in [-0.2, 0) is 17.8 Å². The molecule has 2 heterocycles. The van der Waals surface area contributed by atoms with Crippen molar-refractivity contribution in [2.24, 2.45) is 0 Å². The van der Waals surface area contributed by atoms with Crippen molar-refractivity contribution in [3.8, 4) is 0 Å². The summed E-state index contributed by atoms with van der Waals surface area (Å²) < 4.78 is 1.41. The van der Waals surface area contributed by atoms with E-state index in [1.54, 1.807) is 4.90 Å². The van der Waals surface area contributed by atoms with Crippen molar-refractivity contribution in [2.45, 2.75) is 25.8 Å². The molecule has 0 radical (unpaired) electrons. The Labute approximate surface area is 133 Å². The van der Waals surface area contributed by atoms with Gasteiger partial charge in [-0.2, -0.15) is 0 Å². The van der Waals surface area contributed by atoms with Crippen LogP contribution in [0.1, 0.15) is 34.6 Å². The number of carboxylic acids is 1. The van der Waals surface area contributed by atoms with E-state index in [0.29, 0.717) is 12.1 Å². The lowest BCUT2D eigenvalue weighted by Crippen LogP contribution is -2.32. The molecule has 1 aliphatic rings. The predicted octanol–water partition coefficient (Wildman–Crippen LogP) is 1.19. The Hall–Kier alpha value is -2.70. The number of carbonyl (C=O) groups excluding carboxylic acids is 1. The third-order valence-electron chi connectivity index (χ3n) is 4.00. The highest BCUT2D eigenvalue weighted by atomic mass is 16.4. The molecule has 0 aliphatic carbocycles. The number of aromatic carboxylic acids is 1. The monoisotopic (exact) mass is 314 g/mol. The summed E-state index contributed by atoms with van der Waals surface area (Å²) >= 11 is 0. The average Bonchev–Trinajstić information content (AvgIpc) is 3.19. The van der Waals surface area contributed by atoms with Crippen LogP contribution in [0.2, 0.25) is 0 Å². The van der Waals surface area contributed by atoms with Crippen LogP contribution in [0, 0.1) is 0 Å². The molecule has 1 N–H and O–H groups in total. The van der Waals surface area contributed by atoms with Gasteiger partial charge in [0.1, 0.15) is 6.54 Å². The minimum atomic E-state index is -1.13. The number of carboxylic acid groups (broad SMARTS) is 1. The third kappa shape index (κ3) is 3.39. The van der Waals surface area contributed by atoms with Gasteiger partial charge >= 0.3 is 5.97 Å². The van der Waals surface area contributed by atoms with Gasteiger partial charge < -0.3 is 10.0 Å². The maximum atomic E-state index is 12.3. The first-order valence-corrected chi connectivity index (χ1v) is 7.62. The number of amides is 1. The summed E-state index contributed by atoms with van der Waals surface area (Å²) in [6.45, 7) is 1.54. The Morgan fingerprint density at radius 2 is 1.83 bits per heavy atom. The lowest BCUT2D eigenvalue weighted by molar-refractivity contribution is -0.131. The molecule has 120 valence electrons. The molecule has 0 bridgehead atoms. The van der Waals surface area contributed by atoms with Gasteiger partial charge in [0.15, 0.2) is 5.69 Å². The molecule has 7 nitrogen and oxygen atoms in total. The molecule has 23 heavy (non-hydrogen) atoms. The minimum Gasteiger partial charge on any atom is -0.476 e. The standard InChI is InChI=1S/C16H18N4O3/c21-14(19-8-4-5-9-19)11-20-13(15(16(22)23)17-18-20)10-12-6-2-1-3-7-12/h1-3,6-7H,4-5,8-11H2,(H,22,23). The number of rotatable bonds is 5. The van der Waals surface area contributed by atoms with E-state index < -0.39 is 5.97 Å². The van der Waals surface area contributed by atoms with Crippen molar-refractivity contribution in [2.75, 3.05) is 13.1 Å². The number of hydrogen-bond donors (Lipinski definition) is 1. The molecule has 0 saturated carbocycles. The quantitative estimate of drug-likeness (QED) is 0.895. The molecule has 0 atom stereocenters. The summed E-state index contributed by atoms with van der Waals surface area (Å²) in [5, 5.41) is 16.9. The van der Waals surface area contributed by atoms with Gasteiger partial charge in [-0.25, -0.2) is 9.48 Å². The van der Waals surface area contributed by atoms with E-state index in [9.17, 15) is 14.7 Å². The zero-order chi connectivity index (χ0) is 16.2. The highest BCUT2D eigenvalue weighted by Gasteiger charge is 2.23. The third-order valence-corrected chi connectivity index (χ3v) is 4.00. The molecule has 1 fully saturated rings. The number of benzene rings is 1.